The van der Waals surface area contributed by atoms with Crippen LogP contribution >= 0.6 is 0 Å². The Labute approximate surface area is 241 Å². The molecular weight excluding hydrogens is 524 g/mol. The van der Waals surface area contributed by atoms with Crippen LogP contribution in [0.5, 0.6) is 17.2 Å². The van der Waals surface area contributed by atoms with Crippen LogP contribution in [0.2, 0.25) is 0 Å². The maximum atomic E-state index is 13.5. The lowest BCUT2D eigenvalue weighted by Gasteiger charge is -2.38. The van der Waals surface area contributed by atoms with E-state index >= 15 is 0 Å². The number of carbonyl (C=O) groups is 1. The van der Waals surface area contributed by atoms with E-state index in [1.807, 2.05) is 55.5 Å². The van der Waals surface area contributed by atoms with Gasteiger partial charge in [-0.25, -0.2) is 0 Å². The molecule has 0 radical (unpaired) electrons. The summed E-state index contributed by atoms with van der Waals surface area (Å²) in [5.41, 5.74) is 2.89. The third-order valence-electron chi connectivity index (χ3n) is 7.45. The van der Waals surface area contributed by atoms with Gasteiger partial charge in [0.05, 0.1) is 44.6 Å². The molecule has 220 valence electrons. The van der Waals surface area contributed by atoms with E-state index in [0.717, 1.165) is 42.0 Å². The summed E-state index contributed by atoms with van der Waals surface area (Å²) in [6, 6.07) is 15.6. The van der Waals surface area contributed by atoms with Crippen LogP contribution in [-0.4, -0.2) is 80.0 Å². The molecule has 1 aromatic heterocycles. The lowest BCUT2D eigenvalue weighted by atomic mass is 10.0. The van der Waals surface area contributed by atoms with Crippen molar-refractivity contribution in [3.8, 4) is 17.2 Å². The predicted octanol–water partition coefficient (Wildman–Crippen LogP) is 3.91. The van der Waals surface area contributed by atoms with Crippen molar-refractivity contribution in [2.75, 3.05) is 47.0 Å². The number of ether oxygens (including phenoxy) is 4. The number of aromatic nitrogens is 1. The van der Waals surface area contributed by atoms with Gasteiger partial charge in [-0.05, 0) is 55.2 Å². The highest BCUT2D eigenvalue weighted by atomic mass is 16.5. The zero-order valence-corrected chi connectivity index (χ0v) is 24.1. The molecule has 0 aliphatic carbocycles. The second-order valence-electron chi connectivity index (χ2n) is 10.8. The van der Waals surface area contributed by atoms with Crippen LogP contribution in [0, 0.1) is 6.92 Å². The number of carbonyl (C=O) groups excluding carboxylic acids is 1. The summed E-state index contributed by atoms with van der Waals surface area (Å²) in [5, 5.41) is 7.32. The first-order valence-corrected chi connectivity index (χ1v) is 14.2. The highest BCUT2D eigenvalue weighted by Crippen LogP contribution is 2.33. The quantitative estimate of drug-likeness (QED) is 0.428. The molecule has 4 bridgehead atoms. The predicted molar refractivity (Wildman–Crippen MR) is 153 cm³/mol. The van der Waals surface area contributed by atoms with Crippen LogP contribution in [0.1, 0.15) is 35.4 Å². The topological polar surface area (TPSA) is 98.5 Å². The number of fused-ring (bicyclic) bond motifs is 5. The van der Waals surface area contributed by atoms with Gasteiger partial charge in [-0.2, -0.15) is 0 Å². The van der Waals surface area contributed by atoms with Crippen LogP contribution in [0.15, 0.2) is 53.1 Å². The van der Waals surface area contributed by atoms with Gasteiger partial charge in [-0.1, -0.05) is 23.4 Å². The van der Waals surface area contributed by atoms with Gasteiger partial charge in [-0.15, -0.1) is 0 Å². The Morgan fingerprint density at radius 2 is 1.98 bits per heavy atom. The number of nitrogens with zero attached hydrogens (tertiary/aromatic N) is 3. The standard InChI is InChI=1S/C31H40N4O6/c1-22-14-26(41-33-22)18-35-12-10-28-27(19-35)32-31(36)20-34(11-5-13-37-2)17-23-8-9-29(38-3)30(16-23)40-25-7-4-6-24(15-25)21-39-28/h4,6-9,14-16,27-28H,5,10-13,17-21H2,1-3H3,(H,32,36)/t27-,28+/m0/s1. The highest BCUT2D eigenvalue weighted by Gasteiger charge is 2.32. The lowest BCUT2D eigenvalue weighted by Crippen LogP contribution is -2.57. The number of piperidine rings is 1. The van der Waals surface area contributed by atoms with Gasteiger partial charge in [0.2, 0.25) is 5.91 Å². The number of rotatable bonds is 7. The van der Waals surface area contributed by atoms with E-state index in [1.54, 1.807) is 14.2 Å². The Morgan fingerprint density at radius 3 is 2.78 bits per heavy atom. The van der Waals surface area contributed by atoms with E-state index in [1.165, 1.54) is 0 Å². The molecule has 1 fully saturated rings. The van der Waals surface area contributed by atoms with Crippen LogP contribution in [0.3, 0.4) is 0 Å². The van der Waals surface area contributed by atoms with E-state index in [-0.39, 0.29) is 24.6 Å². The highest BCUT2D eigenvalue weighted by molar-refractivity contribution is 5.78. The van der Waals surface area contributed by atoms with Crippen LogP contribution in [0.25, 0.3) is 0 Å². The largest absolute Gasteiger partial charge is 0.493 e. The van der Waals surface area contributed by atoms with Crippen molar-refractivity contribution in [3.05, 3.63) is 71.1 Å². The van der Waals surface area contributed by atoms with E-state index in [2.05, 4.69) is 20.3 Å². The molecule has 3 aromatic rings. The average Bonchev–Trinajstić information content (AvgIpc) is 3.37. The normalized spacial score (nSPS) is 20.6. The monoisotopic (exact) mass is 564 g/mol. The second kappa shape index (κ2) is 14.0. The second-order valence-corrected chi connectivity index (χ2v) is 10.8. The summed E-state index contributed by atoms with van der Waals surface area (Å²) in [7, 11) is 3.33. The number of amides is 1. The van der Waals surface area contributed by atoms with E-state index < -0.39 is 0 Å². The average molecular weight is 565 g/mol. The van der Waals surface area contributed by atoms with Crippen molar-refractivity contribution in [2.45, 2.75) is 51.6 Å². The van der Waals surface area contributed by atoms with Crippen molar-refractivity contribution < 1.29 is 28.3 Å². The Kier molecular flexibility index (Phi) is 9.89. The van der Waals surface area contributed by atoms with Gasteiger partial charge in [-0.3, -0.25) is 14.6 Å². The number of hydrogen-bond donors (Lipinski definition) is 1. The van der Waals surface area contributed by atoms with Gasteiger partial charge in [0.15, 0.2) is 17.3 Å². The fourth-order valence-electron chi connectivity index (χ4n) is 5.48. The molecule has 41 heavy (non-hydrogen) atoms. The molecule has 2 aliphatic rings. The molecule has 2 aliphatic heterocycles. The van der Waals surface area contributed by atoms with Crippen molar-refractivity contribution in [1.82, 2.24) is 20.3 Å². The maximum Gasteiger partial charge on any atom is 0.234 e. The fourth-order valence-corrected chi connectivity index (χ4v) is 5.48. The number of nitrogens with one attached hydrogen (secondary N) is 1. The first-order valence-electron chi connectivity index (χ1n) is 14.2. The first-order chi connectivity index (χ1) is 20.0. The smallest absolute Gasteiger partial charge is 0.234 e. The van der Waals surface area contributed by atoms with Crippen molar-refractivity contribution in [1.29, 1.82) is 0 Å². The molecule has 1 saturated heterocycles. The zero-order valence-electron chi connectivity index (χ0n) is 24.1. The van der Waals surface area contributed by atoms with Crippen molar-refractivity contribution in [2.24, 2.45) is 0 Å². The number of methoxy groups -OCH3 is 2. The minimum atomic E-state index is -0.166. The van der Waals surface area contributed by atoms with Crippen molar-refractivity contribution in [3.63, 3.8) is 0 Å². The summed E-state index contributed by atoms with van der Waals surface area (Å²) in [5.74, 6) is 2.78. The molecule has 1 amide bonds. The minimum absolute atomic E-state index is 0.0301. The Hall–Kier alpha value is -3.44. The van der Waals surface area contributed by atoms with Gasteiger partial charge in [0.1, 0.15) is 5.75 Å². The Bertz CT molecular complexity index is 1300. The SMILES string of the molecule is COCCCN1CC(=O)N[C@H]2CN(Cc3cc(C)no3)CC[C@H]2OCc2cccc(c2)Oc2cc(ccc2OC)C1. The van der Waals surface area contributed by atoms with E-state index in [4.69, 9.17) is 23.5 Å². The Balaban J connectivity index is 1.39. The lowest BCUT2D eigenvalue weighted by molar-refractivity contribution is -0.125. The molecule has 2 aromatic carbocycles. The third kappa shape index (κ3) is 8.07. The summed E-state index contributed by atoms with van der Waals surface area (Å²) in [4.78, 5) is 17.9. The van der Waals surface area contributed by atoms with Gasteiger partial charge in [0.25, 0.3) is 0 Å². The molecule has 2 atom stereocenters. The van der Waals surface area contributed by atoms with Gasteiger partial charge >= 0.3 is 0 Å². The molecular formula is C31H40N4O6. The third-order valence-corrected chi connectivity index (χ3v) is 7.45. The number of aryl methyl sites for hydroxylation is 1. The summed E-state index contributed by atoms with van der Waals surface area (Å²) in [6.07, 6.45) is 1.47. The van der Waals surface area contributed by atoms with E-state index in [0.29, 0.717) is 56.6 Å². The molecule has 10 nitrogen and oxygen atoms in total. The fraction of sp³-hybridized carbons (Fsp3) is 0.484. The molecule has 10 heteroatoms. The zero-order chi connectivity index (χ0) is 28.6. The molecule has 1 N–H and O–H groups in total. The Morgan fingerprint density at radius 1 is 1.07 bits per heavy atom. The van der Waals surface area contributed by atoms with E-state index in [9.17, 15) is 4.79 Å². The number of likely N-dealkylation sites (tertiary alicyclic amines) is 1. The first kappa shape index (κ1) is 29.1. The molecule has 3 heterocycles. The summed E-state index contributed by atoms with van der Waals surface area (Å²) < 4.78 is 29.1. The van der Waals surface area contributed by atoms with Crippen LogP contribution in [0.4, 0.5) is 0 Å². The summed E-state index contributed by atoms with van der Waals surface area (Å²) in [6.45, 7) is 6.64. The molecule has 5 rings (SSSR count). The minimum Gasteiger partial charge on any atom is -0.493 e. The van der Waals surface area contributed by atoms with Crippen LogP contribution < -0.4 is 14.8 Å². The van der Waals surface area contributed by atoms with Gasteiger partial charge in [0, 0.05) is 46.0 Å². The molecule has 0 unspecified atom stereocenters. The molecule has 0 spiro atoms. The molecule has 0 saturated carbocycles. The number of hydrogen-bond acceptors (Lipinski definition) is 9. The number of benzene rings is 2. The van der Waals surface area contributed by atoms with Crippen molar-refractivity contribution >= 4 is 5.91 Å². The maximum absolute atomic E-state index is 13.5. The van der Waals surface area contributed by atoms with Gasteiger partial charge < -0.3 is 28.8 Å². The summed E-state index contributed by atoms with van der Waals surface area (Å²) >= 11 is 0. The van der Waals surface area contributed by atoms with Crippen LogP contribution in [-0.2, 0) is 34.0 Å².